The SMILES string of the molecule is CCCCCN=Cc1c(O)[nH]c2ccc(OC)cc12. The fourth-order valence-electron chi connectivity index (χ4n) is 2.04. The summed E-state index contributed by atoms with van der Waals surface area (Å²) < 4.78 is 5.20. The van der Waals surface area contributed by atoms with Crippen LogP contribution in [0.25, 0.3) is 10.9 Å². The zero-order valence-electron chi connectivity index (χ0n) is 11.4. The number of nitrogens with zero attached hydrogens (tertiary/aromatic N) is 1. The quantitative estimate of drug-likeness (QED) is 0.617. The first kappa shape index (κ1) is 13.5. The lowest BCUT2D eigenvalue weighted by Gasteiger charge is -1.99. The molecule has 2 N–H and O–H groups in total. The molecule has 1 aromatic carbocycles. The van der Waals surface area contributed by atoms with Gasteiger partial charge in [-0.15, -0.1) is 0 Å². The molecule has 0 spiro atoms. The Morgan fingerprint density at radius 3 is 2.95 bits per heavy atom. The molecule has 0 aliphatic rings. The van der Waals surface area contributed by atoms with Crippen molar-refractivity contribution in [3.05, 3.63) is 23.8 Å². The number of benzene rings is 1. The minimum absolute atomic E-state index is 0.155. The van der Waals surface area contributed by atoms with Crippen LogP contribution in [-0.2, 0) is 0 Å². The summed E-state index contributed by atoms with van der Waals surface area (Å²) in [7, 11) is 1.63. The summed E-state index contributed by atoms with van der Waals surface area (Å²) in [6.07, 6.45) is 5.19. The van der Waals surface area contributed by atoms with Crippen LogP contribution in [0.4, 0.5) is 0 Å². The minimum atomic E-state index is 0.155. The van der Waals surface area contributed by atoms with Crippen LogP contribution in [0.15, 0.2) is 23.2 Å². The maximum Gasteiger partial charge on any atom is 0.198 e. The normalized spacial score (nSPS) is 11.5. The zero-order valence-corrected chi connectivity index (χ0v) is 11.4. The van der Waals surface area contributed by atoms with E-state index in [4.69, 9.17) is 4.74 Å². The lowest BCUT2D eigenvalue weighted by Crippen LogP contribution is -1.86. The Balaban J connectivity index is 2.23. The maximum absolute atomic E-state index is 9.91. The van der Waals surface area contributed by atoms with Gasteiger partial charge in [0.1, 0.15) is 5.75 Å². The fraction of sp³-hybridized carbons (Fsp3) is 0.400. The van der Waals surface area contributed by atoms with Gasteiger partial charge in [-0.3, -0.25) is 4.99 Å². The number of nitrogens with one attached hydrogen (secondary N) is 1. The van der Waals surface area contributed by atoms with Crippen molar-refractivity contribution in [2.45, 2.75) is 26.2 Å². The molecule has 0 saturated carbocycles. The third kappa shape index (κ3) is 3.08. The zero-order chi connectivity index (χ0) is 13.7. The van der Waals surface area contributed by atoms with Gasteiger partial charge in [0.25, 0.3) is 0 Å². The molecule has 4 heteroatoms. The second-order valence-electron chi connectivity index (χ2n) is 4.54. The molecule has 102 valence electrons. The number of aromatic amines is 1. The Bertz CT molecular complexity index is 573. The summed E-state index contributed by atoms with van der Waals surface area (Å²) in [5.41, 5.74) is 1.61. The van der Waals surface area contributed by atoms with Gasteiger partial charge in [0.2, 0.25) is 0 Å². The fourth-order valence-corrected chi connectivity index (χ4v) is 2.04. The molecule has 0 aliphatic heterocycles. The number of hydrogen-bond donors (Lipinski definition) is 2. The molecule has 0 unspecified atom stereocenters. The van der Waals surface area contributed by atoms with Gasteiger partial charge in [-0.25, -0.2) is 0 Å². The molecular formula is C15H20N2O2. The Morgan fingerprint density at radius 2 is 2.21 bits per heavy atom. The maximum atomic E-state index is 9.91. The first-order chi connectivity index (χ1) is 9.26. The monoisotopic (exact) mass is 260 g/mol. The first-order valence-corrected chi connectivity index (χ1v) is 6.64. The number of aliphatic imine (C=N–C) groups is 1. The molecule has 0 bridgehead atoms. The molecule has 0 atom stereocenters. The number of methoxy groups -OCH3 is 1. The molecule has 19 heavy (non-hydrogen) atoms. The van der Waals surface area contributed by atoms with Crippen molar-refractivity contribution >= 4 is 17.1 Å². The lowest BCUT2D eigenvalue weighted by atomic mass is 10.1. The van der Waals surface area contributed by atoms with Gasteiger partial charge in [-0.05, 0) is 24.6 Å². The van der Waals surface area contributed by atoms with Crippen LogP contribution >= 0.6 is 0 Å². The second-order valence-corrected chi connectivity index (χ2v) is 4.54. The number of H-pyrrole nitrogens is 1. The minimum Gasteiger partial charge on any atom is -0.497 e. The molecule has 1 aromatic heterocycles. The van der Waals surface area contributed by atoms with Gasteiger partial charge in [0, 0.05) is 23.7 Å². The lowest BCUT2D eigenvalue weighted by molar-refractivity contribution is 0.415. The summed E-state index contributed by atoms with van der Waals surface area (Å²) in [5, 5.41) is 10.8. The van der Waals surface area contributed by atoms with Gasteiger partial charge in [0.15, 0.2) is 5.88 Å². The standard InChI is InChI=1S/C15H20N2O2/c1-3-4-5-8-16-10-13-12-9-11(19-2)6-7-14(12)17-15(13)18/h6-7,9-10,17-18H,3-5,8H2,1-2H3. The van der Waals surface area contributed by atoms with E-state index in [1.165, 1.54) is 12.8 Å². The summed E-state index contributed by atoms with van der Waals surface area (Å²) in [6, 6.07) is 5.65. The molecule has 0 saturated heterocycles. The molecule has 0 radical (unpaired) electrons. The number of hydrogen-bond acceptors (Lipinski definition) is 3. The van der Waals surface area contributed by atoms with Crippen LogP contribution in [0.2, 0.25) is 0 Å². The van der Waals surface area contributed by atoms with Gasteiger partial charge in [-0.1, -0.05) is 19.8 Å². The van der Waals surface area contributed by atoms with Gasteiger partial charge < -0.3 is 14.8 Å². The van der Waals surface area contributed by atoms with Crippen LogP contribution < -0.4 is 4.74 Å². The highest BCUT2D eigenvalue weighted by Crippen LogP contribution is 2.28. The van der Waals surface area contributed by atoms with Crippen molar-refractivity contribution in [1.29, 1.82) is 0 Å². The predicted molar refractivity (Wildman–Crippen MR) is 78.5 cm³/mol. The van der Waals surface area contributed by atoms with E-state index in [9.17, 15) is 5.11 Å². The van der Waals surface area contributed by atoms with Crippen LogP contribution in [0.3, 0.4) is 0 Å². The molecule has 2 rings (SSSR count). The van der Waals surface area contributed by atoms with Crippen LogP contribution in [0.1, 0.15) is 31.7 Å². The summed E-state index contributed by atoms with van der Waals surface area (Å²) in [4.78, 5) is 7.31. The largest absolute Gasteiger partial charge is 0.497 e. The molecule has 4 nitrogen and oxygen atoms in total. The predicted octanol–water partition coefficient (Wildman–Crippen LogP) is 3.49. The average Bonchev–Trinajstić information content (AvgIpc) is 2.74. The topological polar surface area (TPSA) is 57.6 Å². The second kappa shape index (κ2) is 6.27. The first-order valence-electron chi connectivity index (χ1n) is 6.64. The Kier molecular flexibility index (Phi) is 4.44. The molecule has 0 fully saturated rings. The van der Waals surface area contributed by atoms with E-state index in [-0.39, 0.29) is 5.88 Å². The van der Waals surface area contributed by atoms with Crippen LogP contribution in [-0.4, -0.2) is 30.0 Å². The van der Waals surface area contributed by atoms with E-state index in [1.807, 2.05) is 18.2 Å². The number of ether oxygens (including phenoxy) is 1. The third-order valence-corrected chi connectivity index (χ3v) is 3.14. The number of unbranched alkanes of at least 4 members (excludes halogenated alkanes) is 2. The van der Waals surface area contributed by atoms with Crippen molar-refractivity contribution < 1.29 is 9.84 Å². The number of fused-ring (bicyclic) bond motifs is 1. The molecule has 0 amide bonds. The summed E-state index contributed by atoms with van der Waals surface area (Å²) >= 11 is 0. The number of aromatic nitrogens is 1. The average molecular weight is 260 g/mol. The Hall–Kier alpha value is -1.97. The van der Waals surface area contributed by atoms with Gasteiger partial charge in [0.05, 0.1) is 12.7 Å². The summed E-state index contributed by atoms with van der Waals surface area (Å²) in [6.45, 7) is 2.96. The molecule has 1 heterocycles. The van der Waals surface area contributed by atoms with E-state index in [1.54, 1.807) is 13.3 Å². The third-order valence-electron chi connectivity index (χ3n) is 3.14. The van der Waals surface area contributed by atoms with E-state index in [0.29, 0.717) is 0 Å². The Labute approximate surface area is 113 Å². The van der Waals surface area contributed by atoms with Crippen molar-refractivity contribution in [2.75, 3.05) is 13.7 Å². The highest BCUT2D eigenvalue weighted by molar-refractivity contribution is 6.02. The molecule has 2 aromatic rings. The number of aromatic hydroxyl groups is 1. The summed E-state index contributed by atoms with van der Waals surface area (Å²) in [5.74, 6) is 0.926. The highest BCUT2D eigenvalue weighted by Gasteiger charge is 2.09. The van der Waals surface area contributed by atoms with Crippen molar-refractivity contribution in [3.63, 3.8) is 0 Å². The van der Waals surface area contributed by atoms with Crippen molar-refractivity contribution in [1.82, 2.24) is 4.98 Å². The van der Waals surface area contributed by atoms with Crippen molar-refractivity contribution in [3.8, 4) is 11.6 Å². The molecular weight excluding hydrogens is 240 g/mol. The van der Waals surface area contributed by atoms with E-state index in [0.717, 1.165) is 35.2 Å². The highest BCUT2D eigenvalue weighted by atomic mass is 16.5. The smallest absolute Gasteiger partial charge is 0.198 e. The van der Waals surface area contributed by atoms with E-state index >= 15 is 0 Å². The van der Waals surface area contributed by atoms with E-state index < -0.39 is 0 Å². The van der Waals surface area contributed by atoms with Crippen LogP contribution in [0.5, 0.6) is 11.6 Å². The van der Waals surface area contributed by atoms with E-state index in [2.05, 4.69) is 16.9 Å². The number of rotatable bonds is 6. The van der Waals surface area contributed by atoms with Gasteiger partial charge in [-0.2, -0.15) is 0 Å². The van der Waals surface area contributed by atoms with Crippen molar-refractivity contribution in [2.24, 2.45) is 4.99 Å². The Morgan fingerprint density at radius 1 is 1.37 bits per heavy atom. The van der Waals surface area contributed by atoms with Crippen LogP contribution in [0, 0.1) is 0 Å². The van der Waals surface area contributed by atoms with Gasteiger partial charge >= 0.3 is 0 Å². The molecule has 0 aliphatic carbocycles.